The average Bonchev–Trinajstić information content (AvgIpc) is 4.15. The Balaban J connectivity index is 1.08. The molecular formula is C47H54F4N8O6. The van der Waals surface area contributed by atoms with Gasteiger partial charge in [-0.15, -0.1) is 0 Å². The average molecular weight is 903 g/mol. The number of carbonyl (C=O) groups is 4. The summed E-state index contributed by atoms with van der Waals surface area (Å²) in [5.41, 5.74) is -0.723. The summed E-state index contributed by atoms with van der Waals surface area (Å²) in [6, 6.07) is 5.83. The first kappa shape index (κ1) is 45.5. The van der Waals surface area contributed by atoms with Crippen LogP contribution in [0.3, 0.4) is 0 Å². The van der Waals surface area contributed by atoms with Crippen LogP contribution in [-0.4, -0.2) is 91.8 Å². The molecule has 65 heavy (non-hydrogen) atoms. The van der Waals surface area contributed by atoms with Crippen molar-refractivity contribution in [3.63, 3.8) is 0 Å². The van der Waals surface area contributed by atoms with Gasteiger partial charge in [0.2, 0.25) is 5.91 Å². The summed E-state index contributed by atoms with van der Waals surface area (Å²) in [6.45, 7) is 8.95. The number of aliphatic imine (C=N–C) groups is 1. The summed E-state index contributed by atoms with van der Waals surface area (Å²) in [6.07, 6.45) is 6.92. The number of amides is 4. The maximum Gasteiger partial charge on any atom is 0.433 e. The lowest BCUT2D eigenvalue weighted by atomic mass is 9.79. The molecule has 3 fully saturated rings. The number of carbonyl (C=O) groups excluding carboxylic acids is 4. The van der Waals surface area contributed by atoms with E-state index >= 15 is 17.6 Å². The van der Waals surface area contributed by atoms with Crippen molar-refractivity contribution in [3.8, 4) is 33.6 Å². The van der Waals surface area contributed by atoms with Crippen LogP contribution in [0, 0.1) is 17.8 Å². The number of aromatic amines is 2. The SMILES string of the molecule is COC(=O)N=C(C(=O)N1[C@@H]2CC[C@@H](C2)[C@H]1c1ncc(-c2ccc3c(c2)C(F)(F)C(F)(F)c2cc(-c4cnc([C@H](C)N(C(=O)[C@H](NC(=O)OC)C(C)C)C5CCCC5)[nH]4)ccc2-3)[nH]1)C(C)C. The smallest absolute Gasteiger partial charge is 0.433 e. The molecule has 2 bridgehead atoms. The van der Waals surface area contributed by atoms with Crippen LogP contribution in [-0.2, 0) is 30.9 Å². The van der Waals surface area contributed by atoms with Crippen LogP contribution in [0.15, 0.2) is 53.8 Å². The zero-order valence-electron chi connectivity index (χ0n) is 37.4. The van der Waals surface area contributed by atoms with Crippen LogP contribution in [0.25, 0.3) is 33.6 Å². The fourth-order valence-corrected chi connectivity index (χ4v) is 10.3. The molecule has 2 aromatic heterocycles. The van der Waals surface area contributed by atoms with E-state index in [1.807, 2.05) is 13.8 Å². The van der Waals surface area contributed by atoms with Crippen LogP contribution < -0.4 is 5.32 Å². The number of rotatable bonds is 11. The Morgan fingerprint density at radius 1 is 0.831 bits per heavy atom. The number of H-pyrrole nitrogens is 2. The molecule has 0 radical (unpaired) electrons. The van der Waals surface area contributed by atoms with E-state index in [1.165, 1.54) is 38.7 Å². The third-order valence-electron chi connectivity index (χ3n) is 13.6. The van der Waals surface area contributed by atoms with Gasteiger partial charge in [-0.05, 0) is 74.1 Å². The third kappa shape index (κ3) is 7.96. The molecule has 3 heterocycles. The van der Waals surface area contributed by atoms with Gasteiger partial charge in [-0.25, -0.2) is 19.6 Å². The highest BCUT2D eigenvalue weighted by molar-refractivity contribution is 6.41. The van der Waals surface area contributed by atoms with Crippen LogP contribution in [0.1, 0.15) is 114 Å². The van der Waals surface area contributed by atoms with E-state index in [9.17, 15) is 19.2 Å². The highest BCUT2D eigenvalue weighted by Gasteiger charge is 2.63. The van der Waals surface area contributed by atoms with E-state index in [1.54, 1.807) is 42.7 Å². The summed E-state index contributed by atoms with van der Waals surface area (Å²) in [4.78, 5) is 75.1. The molecule has 346 valence electrons. The third-order valence-corrected chi connectivity index (χ3v) is 13.6. The van der Waals surface area contributed by atoms with Gasteiger partial charge >= 0.3 is 24.0 Å². The Bertz CT molecular complexity index is 2530. The first-order valence-electron chi connectivity index (χ1n) is 22.2. The number of fused-ring (bicyclic) bond motifs is 5. The zero-order chi connectivity index (χ0) is 46.7. The molecule has 1 aliphatic heterocycles. The van der Waals surface area contributed by atoms with Gasteiger partial charge in [-0.2, -0.15) is 22.6 Å². The van der Waals surface area contributed by atoms with Crippen LogP contribution >= 0.6 is 0 Å². The Morgan fingerprint density at radius 2 is 1.43 bits per heavy atom. The fourth-order valence-electron chi connectivity index (χ4n) is 10.3. The highest BCUT2D eigenvalue weighted by atomic mass is 19.3. The number of hydrogen-bond donors (Lipinski definition) is 3. The van der Waals surface area contributed by atoms with Crippen molar-refractivity contribution < 1.29 is 46.2 Å². The number of alkyl halides is 4. The molecular weight excluding hydrogens is 849 g/mol. The van der Waals surface area contributed by atoms with E-state index in [4.69, 9.17) is 9.47 Å². The van der Waals surface area contributed by atoms with Crippen molar-refractivity contribution in [1.29, 1.82) is 0 Å². The lowest BCUT2D eigenvalue weighted by Crippen LogP contribution is -2.54. The van der Waals surface area contributed by atoms with Crippen LogP contribution in [0.5, 0.6) is 0 Å². The molecule has 5 atom stereocenters. The molecule has 0 spiro atoms. The number of likely N-dealkylation sites (tertiary alicyclic amines) is 1. The molecule has 4 amide bonds. The Hall–Kier alpha value is -6.07. The second-order valence-corrected chi connectivity index (χ2v) is 18.3. The molecule has 3 aliphatic carbocycles. The van der Waals surface area contributed by atoms with Gasteiger partial charge in [-0.1, -0.05) is 64.8 Å². The monoisotopic (exact) mass is 902 g/mol. The molecule has 1 saturated heterocycles. The number of aromatic nitrogens is 4. The summed E-state index contributed by atoms with van der Waals surface area (Å²) < 4.78 is 74.8. The predicted octanol–water partition coefficient (Wildman–Crippen LogP) is 9.46. The summed E-state index contributed by atoms with van der Waals surface area (Å²) in [5, 5.41) is 2.66. The zero-order valence-corrected chi connectivity index (χ0v) is 37.4. The molecule has 3 N–H and O–H groups in total. The largest absolute Gasteiger partial charge is 0.453 e. The van der Waals surface area contributed by atoms with Crippen LogP contribution in [0.2, 0.25) is 0 Å². The van der Waals surface area contributed by atoms with Gasteiger partial charge in [0.15, 0.2) is 0 Å². The normalized spacial score (nSPS) is 21.8. The second kappa shape index (κ2) is 17.4. The highest BCUT2D eigenvalue weighted by Crippen LogP contribution is 2.59. The number of methoxy groups -OCH3 is 2. The van der Waals surface area contributed by atoms with E-state index in [0.717, 1.165) is 50.7 Å². The van der Waals surface area contributed by atoms with Crippen molar-refractivity contribution in [1.82, 2.24) is 35.1 Å². The number of hydrogen-bond acceptors (Lipinski definition) is 8. The number of ether oxygens (including phenoxy) is 2. The predicted molar refractivity (Wildman–Crippen MR) is 232 cm³/mol. The lowest BCUT2D eigenvalue weighted by Gasteiger charge is -2.37. The van der Waals surface area contributed by atoms with Crippen molar-refractivity contribution in [2.45, 2.75) is 122 Å². The number of piperidine rings is 1. The molecule has 14 nitrogen and oxygen atoms in total. The van der Waals surface area contributed by atoms with Crippen molar-refractivity contribution in [3.05, 3.63) is 71.6 Å². The van der Waals surface area contributed by atoms with Crippen molar-refractivity contribution >= 4 is 29.7 Å². The Kier molecular flexibility index (Phi) is 12.2. The molecule has 18 heteroatoms. The minimum absolute atomic E-state index is 0.0492. The minimum Gasteiger partial charge on any atom is -0.453 e. The maximum atomic E-state index is 16.3. The topological polar surface area (TPSA) is 175 Å². The van der Waals surface area contributed by atoms with Crippen LogP contribution in [0.4, 0.5) is 27.2 Å². The minimum atomic E-state index is -4.62. The number of imidazole rings is 2. The second-order valence-electron chi connectivity index (χ2n) is 18.3. The number of alkyl carbamates (subject to hydrolysis) is 1. The van der Waals surface area contributed by atoms with Gasteiger partial charge < -0.3 is 34.6 Å². The molecule has 0 unspecified atom stereocenters. The van der Waals surface area contributed by atoms with E-state index < -0.39 is 59.2 Å². The maximum absolute atomic E-state index is 16.3. The summed E-state index contributed by atoms with van der Waals surface area (Å²) in [5.74, 6) is -9.77. The summed E-state index contributed by atoms with van der Waals surface area (Å²) >= 11 is 0. The van der Waals surface area contributed by atoms with E-state index in [0.29, 0.717) is 29.5 Å². The number of halogens is 4. The number of benzene rings is 2. The van der Waals surface area contributed by atoms with Gasteiger partial charge in [0.05, 0.1) is 50.1 Å². The van der Waals surface area contributed by atoms with Gasteiger partial charge in [0.1, 0.15) is 23.4 Å². The molecule has 2 saturated carbocycles. The lowest BCUT2D eigenvalue weighted by molar-refractivity contribution is -0.225. The van der Waals surface area contributed by atoms with Gasteiger partial charge in [-0.3, -0.25) is 9.59 Å². The summed E-state index contributed by atoms with van der Waals surface area (Å²) in [7, 11) is 2.40. The number of nitrogens with zero attached hydrogens (tertiary/aromatic N) is 5. The van der Waals surface area contributed by atoms with Crippen molar-refractivity contribution in [2.24, 2.45) is 22.7 Å². The van der Waals surface area contributed by atoms with E-state index in [-0.39, 0.29) is 63.7 Å². The molecule has 4 aliphatic rings. The Labute approximate surface area is 374 Å². The standard InChI is InChI=1S/C47H54F4N8O6/c1-23(2)37(56-44(62)64-6)42(60)58(29-10-8-9-11-29)25(5)40-52-21-35(54-40)26-13-16-31-32-17-14-27(20-34(32)47(50,51)46(48,49)33(31)19-26)36-22-53-41(55-36)39-28-12-15-30(18-28)59(39)43(61)38(24(3)4)57-45(63)65-7/h13-14,16-17,19-25,28-30,37,39H,8-12,15,18H2,1-7H3,(H,52,54)(H,53,55)(H,56,62)/t25-,28-,30+,37+,39-/m0/s1. The van der Waals surface area contributed by atoms with Gasteiger partial charge in [0.25, 0.3) is 5.91 Å². The van der Waals surface area contributed by atoms with Gasteiger partial charge in [0, 0.05) is 40.3 Å². The molecule has 4 aromatic rings. The number of nitrogens with one attached hydrogen (secondary N) is 3. The molecule has 2 aromatic carbocycles. The first-order valence-corrected chi connectivity index (χ1v) is 22.2. The fraction of sp³-hybridized carbons (Fsp3) is 0.511. The molecule has 8 rings (SSSR count). The Morgan fingerprint density at radius 3 is 2.00 bits per heavy atom. The first-order chi connectivity index (χ1) is 30.9. The van der Waals surface area contributed by atoms with Crippen molar-refractivity contribution in [2.75, 3.05) is 14.2 Å². The quantitative estimate of drug-likeness (QED) is 0.0986. The van der Waals surface area contributed by atoms with E-state index in [2.05, 4.69) is 30.2 Å².